The predicted octanol–water partition coefficient (Wildman–Crippen LogP) is 5.10. The number of nitrogens with zero attached hydrogens (tertiary/aromatic N) is 1. The summed E-state index contributed by atoms with van der Waals surface area (Å²) in [6.07, 6.45) is -0.199. The molecule has 0 aliphatic heterocycles. The highest BCUT2D eigenvalue weighted by Crippen LogP contribution is 2.44. The van der Waals surface area contributed by atoms with E-state index in [1.807, 2.05) is 44.2 Å². The van der Waals surface area contributed by atoms with Gasteiger partial charge in [-0.1, -0.05) is 55.5 Å². The van der Waals surface area contributed by atoms with Crippen molar-refractivity contribution in [3.05, 3.63) is 84.3 Å². The lowest BCUT2D eigenvalue weighted by molar-refractivity contribution is -0.138. The lowest BCUT2D eigenvalue weighted by Gasteiger charge is -2.29. The molecular formula is C26H27FNO5P. The molecule has 0 saturated carbocycles. The maximum atomic E-state index is 13.7. The van der Waals surface area contributed by atoms with Gasteiger partial charge in [0.05, 0.1) is 17.5 Å². The molecule has 1 heterocycles. The van der Waals surface area contributed by atoms with Crippen LogP contribution in [0.15, 0.2) is 67.3 Å². The molecule has 0 amide bonds. The Bertz CT molecular complexity index is 1230. The topological polar surface area (TPSA) is 96.7 Å². The molecule has 0 fully saturated rings. The lowest BCUT2D eigenvalue weighted by Crippen LogP contribution is -2.46. The van der Waals surface area contributed by atoms with Gasteiger partial charge in [0.25, 0.3) is 0 Å². The standard InChI is InChI=1S/C26H27FNO5P/c1-5-21-24(33-25(30)26(6-2,17(4)29)34(31)32)22(18-12-14-20(27)15-13-18)16(3)23(28-21)19-10-8-7-9-11-19/h6-15,17,29,34H,2,5H2,1,3-4H3,(H,31,32). The minimum Gasteiger partial charge on any atom is -0.423 e. The Hall–Kier alpha value is -3.12. The predicted molar refractivity (Wildman–Crippen MR) is 131 cm³/mol. The Morgan fingerprint density at radius 3 is 2.32 bits per heavy atom. The van der Waals surface area contributed by atoms with Crippen molar-refractivity contribution in [2.24, 2.45) is 0 Å². The molecule has 1 aromatic heterocycles. The molecule has 3 rings (SSSR count). The van der Waals surface area contributed by atoms with Crippen LogP contribution in [0.3, 0.4) is 0 Å². The molecule has 6 nitrogen and oxygen atoms in total. The van der Waals surface area contributed by atoms with Crippen LogP contribution in [-0.2, 0) is 15.8 Å². The fraction of sp³-hybridized carbons (Fsp3) is 0.231. The maximum Gasteiger partial charge on any atom is 0.333 e. The summed E-state index contributed by atoms with van der Waals surface area (Å²) < 4.78 is 31.6. The molecule has 0 aliphatic carbocycles. The fourth-order valence-corrected chi connectivity index (χ4v) is 4.61. The molecular weight excluding hydrogens is 456 g/mol. The zero-order chi connectivity index (χ0) is 25.0. The summed E-state index contributed by atoms with van der Waals surface area (Å²) in [6.45, 7) is 8.37. The van der Waals surface area contributed by atoms with Crippen molar-refractivity contribution in [2.45, 2.75) is 38.5 Å². The molecule has 34 heavy (non-hydrogen) atoms. The van der Waals surface area contributed by atoms with Crippen LogP contribution in [0, 0.1) is 12.7 Å². The molecule has 3 unspecified atom stereocenters. The highest BCUT2D eigenvalue weighted by molar-refractivity contribution is 7.42. The number of aromatic nitrogens is 1. The number of halogens is 1. The lowest BCUT2D eigenvalue weighted by atomic mass is 9.94. The number of rotatable bonds is 8. The number of esters is 1. The van der Waals surface area contributed by atoms with Crippen molar-refractivity contribution < 1.29 is 28.5 Å². The quantitative estimate of drug-likeness (QED) is 0.263. The number of hydrogen-bond acceptors (Lipinski definition) is 5. The van der Waals surface area contributed by atoms with Crippen LogP contribution in [0.2, 0.25) is 0 Å². The SMILES string of the molecule is C=CC(C(=O)Oc1c(CC)nc(-c2ccccc2)c(C)c1-c1ccc(F)cc1)(C(C)O)[PH](=O)O. The second-order valence-corrected chi connectivity index (χ2v) is 9.34. The first kappa shape index (κ1) is 25.5. The van der Waals surface area contributed by atoms with E-state index in [1.54, 1.807) is 12.1 Å². The Morgan fingerprint density at radius 2 is 1.82 bits per heavy atom. The van der Waals surface area contributed by atoms with E-state index >= 15 is 0 Å². The van der Waals surface area contributed by atoms with Crippen LogP contribution in [0.5, 0.6) is 5.75 Å². The third-order valence-corrected chi connectivity index (χ3v) is 7.38. The van der Waals surface area contributed by atoms with Gasteiger partial charge in [-0.05, 0) is 43.5 Å². The number of aryl methyl sites for hydroxylation is 1. The van der Waals surface area contributed by atoms with Crippen LogP contribution in [0.1, 0.15) is 25.1 Å². The molecule has 0 spiro atoms. The molecule has 2 aromatic carbocycles. The summed E-state index contributed by atoms with van der Waals surface area (Å²) in [7, 11) is -3.63. The highest BCUT2D eigenvalue weighted by atomic mass is 31.1. The van der Waals surface area contributed by atoms with E-state index in [0.717, 1.165) is 11.6 Å². The van der Waals surface area contributed by atoms with E-state index < -0.39 is 31.1 Å². The van der Waals surface area contributed by atoms with Crippen LogP contribution in [0.4, 0.5) is 4.39 Å². The largest absolute Gasteiger partial charge is 0.423 e. The Morgan fingerprint density at radius 1 is 1.21 bits per heavy atom. The second kappa shape index (κ2) is 10.4. The smallest absolute Gasteiger partial charge is 0.333 e. The van der Waals surface area contributed by atoms with E-state index in [1.165, 1.54) is 19.1 Å². The van der Waals surface area contributed by atoms with Gasteiger partial charge < -0.3 is 14.7 Å². The molecule has 0 saturated heterocycles. The van der Waals surface area contributed by atoms with Crippen molar-refractivity contribution in [2.75, 3.05) is 0 Å². The molecule has 0 aliphatic rings. The first-order valence-corrected chi connectivity index (χ1v) is 12.1. The average Bonchev–Trinajstić information content (AvgIpc) is 2.81. The summed E-state index contributed by atoms with van der Waals surface area (Å²) in [5, 5.41) is 8.02. The zero-order valence-electron chi connectivity index (χ0n) is 19.2. The molecule has 3 aromatic rings. The number of carbonyl (C=O) groups is 1. The van der Waals surface area contributed by atoms with E-state index in [-0.39, 0.29) is 5.75 Å². The van der Waals surface area contributed by atoms with Gasteiger partial charge in [0.15, 0.2) is 10.9 Å². The van der Waals surface area contributed by atoms with Gasteiger partial charge in [-0.2, -0.15) is 0 Å². The Kier molecular flexibility index (Phi) is 7.82. The van der Waals surface area contributed by atoms with Crippen LogP contribution >= 0.6 is 8.03 Å². The number of ether oxygens (including phenoxy) is 1. The van der Waals surface area contributed by atoms with Crippen molar-refractivity contribution in [3.8, 4) is 28.1 Å². The first-order valence-electron chi connectivity index (χ1n) is 10.8. The number of carbonyl (C=O) groups excluding carboxylic acids is 1. The number of pyridine rings is 1. The van der Waals surface area contributed by atoms with E-state index in [2.05, 4.69) is 6.58 Å². The maximum absolute atomic E-state index is 13.7. The zero-order valence-corrected chi connectivity index (χ0v) is 20.2. The van der Waals surface area contributed by atoms with Crippen LogP contribution in [-0.4, -0.2) is 32.2 Å². The van der Waals surface area contributed by atoms with E-state index in [9.17, 15) is 23.7 Å². The van der Waals surface area contributed by atoms with Crippen molar-refractivity contribution in [1.29, 1.82) is 0 Å². The second-order valence-electron chi connectivity index (χ2n) is 7.91. The van der Waals surface area contributed by atoms with Crippen LogP contribution < -0.4 is 4.74 Å². The van der Waals surface area contributed by atoms with Crippen LogP contribution in [0.25, 0.3) is 22.4 Å². The van der Waals surface area contributed by atoms with Crippen molar-refractivity contribution in [1.82, 2.24) is 4.98 Å². The van der Waals surface area contributed by atoms with Crippen molar-refractivity contribution >= 4 is 14.0 Å². The molecule has 2 N–H and O–H groups in total. The Balaban J connectivity index is 2.30. The fourth-order valence-electron chi connectivity index (χ4n) is 3.85. The molecule has 0 bridgehead atoms. The summed E-state index contributed by atoms with van der Waals surface area (Å²) >= 11 is 0. The highest BCUT2D eigenvalue weighted by Gasteiger charge is 2.48. The van der Waals surface area contributed by atoms with Gasteiger partial charge in [-0.25, -0.2) is 14.2 Å². The van der Waals surface area contributed by atoms with Crippen molar-refractivity contribution in [3.63, 3.8) is 0 Å². The first-order chi connectivity index (χ1) is 16.2. The summed E-state index contributed by atoms with van der Waals surface area (Å²) in [4.78, 5) is 27.9. The number of benzene rings is 2. The Labute approximate surface area is 198 Å². The molecule has 8 heteroatoms. The molecule has 0 radical (unpaired) electrons. The van der Waals surface area contributed by atoms with Gasteiger partial charge in [0, 0.05) is 11.1 Å². The van der Waals surface area contributed by atoms with E-state index in [0.29, 0.717) is 34.5 Å². The minimum absolute atomic E-state index is 0.0893. The third-order valence-electron chi connectivity index (χ3n) is 5.85. The molecule has 3 atom stereocenters. The number of hydrogen-bond donors (Lipinski definition) is 2. The monoisotopic (exact) mass is 483 g/mol. The van der Waals surface area contributed by atoms with Gasteiger partial charge in [-0.15, -0.1) is 6.58 Å². The third kappa shape index (κ3) is 4.60. The minimum atomic E-state index is -3.63. The number of aliphatic hydroxyl groups excluding tert-OH is 1. The molecule has 178 valence electrons. The van der Waals surface area contributed by atoms with Gasteiger partial charge >= 0.3 is 5.97 Å². The average molecular weight is 483 g/mol. The summed E-state index contributed by atoms with van der Waals surface area (Å²) in [5.41, 5.74) is 3.70. The number of aliphatic hydroxyl groups is 1. The normalized spacial score (nSPS) is 14.6. The summed E-state index contributed by atoms with van der Waals surface area (Å²) in [6, 6.07) is 15.2. The van der Waals surface area contributed by atoms with Gasteiger partial charge in [-0.3, -0.25) is 4.57 Å². The van der Waals surface area contributed by atoms with E-state index in [4.69, 9.17) is 9.72 Å². The van der Waals surface area contributed by atoms with Gasteiger partial charge in [0.2, 0.25) is 8.03 Å². The van der Waals surface area contributed by atoms with Gasteiger partial charge in [0.1, 0.15) is 5.82 Å². The summed E-state index contributed by atoms with van der Waals surface area (Å²) in [5.74, 6) is -1.45.